The summed E-state index contributed by atoms with van der Waals surface area (Å²) in [4.78, 5) is 65.0. The van der Waals surface area contributed by atoms with Crippen LogP contribution in [-0.2, 0) is 35.1 Å². The minimum Gasteiger partial charge on any atom is -0.468 e. The summed E-state index contributed by atoms with van der Waals surface area (Å²) < 4.78 is 10.0. The Balaban J connectivity index is 0.000000356. The molecule has 2 aromatic rings. The molecule has 0 radical (unpaired) electrons. The van der Waals surface area contributed by atoms with Gasteiger partial charge in [0.15, 0.2) is 0 Å². The van der Waals surface area contributed by atoms with E-state index in [2.05, 4.69) is 48.1 Å². The fourth-order valence-electron chi connectivity index (χ4n) is 5.15. The molecule has 1 aliphatic heterocycles. The molecule has 50 heavy (non-hydrogen) atoms. The van der Waals surface area contributed by atoms with Crippen LogP contribution in [0, 0.1) is 18.3 Å². The van der Waals surface area contributed by atoms with Gasteiger partial charge >= 0.3 is 12.1 Å². The second-order valence-electron chi connectivity index (χ2n) is 14.4. The average molecular weight is 697 g/mol. The lowest BCUT2D eigenvalue weighted by atomic mass is 9.92. The van der Waals surface area contributed by atoms with Gasteiger partial charge in [-0.15, -0.1) is 0 Å². The first-order valence-electron chi connectivity index (χ1n) is 17.0. The number of carbonyl (C=O) groups is 5. The fourth-order valence-corrected chi connectivity index (χ4v) is 5.15. The minimum atomic E-state index is -0.863. The van der Waals surface area contributed by atoms with E-state index in [1.807, 2.05) is 32.1 Å². The quantitative estimate of drug-likeness (QED) is 0.263. The van der Waals surface area contributed by atoms with Crippen molar-refractivity contribution in [3.05, 3.63) is 47.2 Å². The number of hydrazine groups is 1. The molecule has 3 rings (SSSR count). The van der Waals surface area contributed by atoms with Crippen LogP contribution in [0.25, 0.3) is 17.0 Å². The van der Waals surface area contributed by atoms with Crippen molar-refractivity contribution < 1.29 is 33.4 Å². The average Bonchev–Trinajstić information content (AvgIpc) is 3.04. The van der Waals surface area contributed by atoms with Crippen LogP contribution in [0.15, 0.2) is 30.3 Å². The van der Waals surface area contributed by atoms with Crippen molar-refractivity contribution in [3.8, 4) is 0 Å². The van der Waals surface area contributed by atoms with Crippen molar-refractivity contribution in [2.45, 2.75) is 112 Å². The van der Waals surface area contributed by atoms with Gasteiger partial charge in [-0.1, -0.05) is 45.1 Å². The lowest BCUT2D eigenvalue weighted by Gasteiger charge is -2.34. The molecule has 0 saturated carbocycles. The summed E-state index contributed by atoms with van der Waals surface area (Å²) >= 11 is 0. The van der Waals surface area contributed by atoms with Crippen LogP contribution in [0.4, 0.5) is 4.79 Å². The molecule has 13 heteroatoms. The number of aryl methyl sites for hydroxylation is 2. The van der Waals surface area contributed by atoms with Gasteiger partial charge < -0.3 is 25.8 Å². The number of alkyl carbamates (subject to hydrolysis) is 1. The van der Waals surface area contributed by atoms with E-state index in [0.29, 0.717) is 19.4 Å². The molecule has 1 aliphatic rings. The molecular weight excluding hydrogens is 640 g/mol. The van der Waals surface area contributed by atoms with E-state index in [0.717, 1.165) is 28.6 Å². The Labute approximate surface area is 296 Å². The molecule has 5 N–H and O–H groups in total. The zero-order valence-electron chi connectivity index (χ0n) is 31.4. The number of esters is 1. The molecule has 3 unspecified atom stereocenters. The number of nitrogens with two attached hydrogens (primary N) is 1. The number of methoxy groups -OCH3 is 1. The van der Waals surface area contributed by atoms with Gasteiger partial charge in [0.05, 0.1) is 18.0 Å². The van der Waals surface area contributed by atoms with E-state index in [1.54, 1.807) is 41.5 Å². The highest BCUT2D eigenvalue weighted by atomic mass is 16.6. The SMILES string of the molecule is CC(NC(=O)C(NC(=O)OC(C)(C)C)C(C)C)C(=O)N1CCCC(C(N)=O)N1.CCc1nc2cc(/C=C/C(C)(C)C(=O)OC)ccc2cc1C. The molecule has 13 nitrogen and oxygen atoms in total. The van der Waals surface area contributed by atoms with Gasteiger partial charge in [-0.05, 0) is 96.9 Å². The largest absolute Gasteiger partial charge is 0.468 e. The number of fused-ring (bicyclic) bond motifs is 1. The molecule has 1 aromatic carbocycles. The number of hydrogen-bond acceptors (Lipinski definition) is 9. The summed E-state index contributed by atoms with van der Waals surface area (Å²) in [7, 11) is 1.41. The van der Waals surface area contributed by atoms with Gasteiger partial charge in [-0.2, -0.15) is 0 Å². The van der Waals surface area contributed by atoms with Crippen molar-refractivity contribution in [1.82, 2.24) is 26.1 Å². The van der Waals surface area contributed by atoms with E-state index < -0.39 is 47.0 Å². The van der Waals surface area contributed by atoms with Crippen molar-refractivity contribution in [3.63, 3.8) is 0 Å². The first kappa shape index (κ1) is 41.7. The fraction of sp³-hybridized carbons (Fsp3) is 0.568. The highest BCUT2D eigenvalue weighted by molar-refractivity contribution is 5.91. The van der Waals surface area contributed by atoms with Gasteiger partial charge in [-0.3, -0.25) is 29.2 Å². The van der Waals surface area contributed by atoms with Crippen molar-refractivity contribution >= 4 is 46.8 Å². The van der Waals surface area contributed by atoms with Gasteiger partial charge in [0.1, 0.15) is 23.7 Å². The molecule has 4 amide bonds. The molecule has 276 valence electrons. The third kappa shape index (κ3) is 12.4. The van der Waals surface area contributed by atoms with Crippen molar-refractivity contribution in [1.29, 1.82) is 0 Å². The molecule has 3 atom stereocenters. The van der Waals surface area contributed by atoms with Gasteiger partial charge in [0.25, 0.3) is 5.91 Å². The molecule has 0 aliphatic carbocycles. The van der Waals surface area contributed by atoms with Crippen LogP contribution in [0.1, 0.15) is 92.0 Å². The first-order valence-corrected chi connectivity index (χ1v) is 17.0. The van der Waals surface area contributed by atoms with Crippen LogP contribution in [0.2, 0.25) is 0 Å². The predicted octanol–water partition coefficient (Wildman–Crippen LogP) is 4.34. The molecule has 2 heterocycles. The third-order valence-corrected chi connectivity index (χ3v) is 8.02. The topological polar surface area (TPSA) is 182 Å². The Morgan fingerprint density at radius 3 is 2.30 bits per heavy atom. The number of benzene rings is 1. The maximum Gasteiger partial charge on any atom is 0.408 e. The Kier molecular flexibility index (Phi) is 14.9. The van der Waals surface area contributed by atoms with Crippen LogP contribution in [0.3, 0.4) is 0 Å². The van der Waals surface area contributed by atoms with Gasteiger partial charge in [0, 0.05) is 17.6 Å². The Hall–Kier alpha value is -4.52. The summed E-state index contributed by atoms with van der Waals surface area (Å²) in [6.45, 7) is 18.6. The van der Waals surface area contributed by atoms with Crippen LogP contribution in [0.5, 0.6) is 0 Å². The molecular formula is C37H56N6O7. The molecule has 1 saturated heterocycles. The summed E-state index contributed by atoms with van der Waals surface area (Å²) in [6.07, 6.45) is 5.22. The van der Waals surface area contributed by atoms with E-state index >= 15 is 0 Å². The number of ether oxygens (including phenoxy) is 2. The maximum absolute atomic E-state index is 12.6. The van der Waals surface area contributed by atoms with Crippen LogP contribution in [-0.4, -0.2) is 77.2 Å². The maximum atomic E-state index is 12.6. The summed E-state index contributed by atoms with van der Waals surface area (Å²) in [5, 5.41) is 7.60. The first-order chi connectivity index (χ1) is 23.2. The number of aromatic nitrogens is 1. The minimum absolute atomic E-state index is 0.220. The standard InChI is InChI=1S/C19H23NO2.C18H33N5O5/c1-6-16-13(2)11-15-8-7-14(12-17(15)20-16)9-10-19(3,4)18(21)22-5;1-10(2)13(21-17(27)28-18(4,5)6)15(25)20-11(3)16(26)23-9-7-8-12(22-23)14(19)24/h7-12H,6H2,1-5H3;10-13,22H,7-9H2,1-6H3,(H2,19,24)(H,20,25)(H,21,27)/b10-9+;. The van der Waals surface area contributed by atoms with Gasteiger partial charge in [-0.25, -0.2) is 10.2 Å². The predicted molar refractivity (Wildman–Crippen MR) is 193 cm³/mol. The normalized spacial score (nSPS) is 16.2. The highest BCUT2D eigenvalue weighted by Crippen LogP contribution is 2.23. The Morgan fingerprint density at radius 2 is 1.74 bits per heavy atom. The number of nitrogens with zero attached hydrogens (tertiary/aromatic N) is 2. The van der Waals surface area contributed by atoms with E-state index in [9.17, 15) is 24.0 Å². The van der Waals surface area contributed by atoms with Crippen molar-refractivity contribution in [2.24, 2.45) is 17.1 Å². The van der Waals surface area contributed by atoms with Crippen molar-refractivity contribution in [2.75, 3.05) is 13.7 Å². The van der Waals surface area contributed by atoms with Crippen LogP contribution < -0.4 is 21.8 Å². The zero-order chi connectivity index (χ0) is 38.0. The number of hydrogen-bond donors (Lipinski definition) is 4. The van der Waals surface area contributed by atoms with E-state index in [4.69, 9.17) is 20.2 Å². The highest BCUT2D eigenvalue weighted by Gasteiger charge is 2.32. The zero-order valence-corrected chi connectivity index (χ0v) is 31.4. The third-order valence-electron chi connectivity index (χ3n) is 8.02. The summed E-state index contributed by atoms with van der Waals surface area (Å²) in [5.41, 5.74) is 11.1. The lowest BCUT2D eigenvalue weighted by Crippen LogP contribution is -2.61. The number of rotatable bonds is 10. The number of nitrogens with one attached hydrogen (secondary N) is 3. The van der Waals surface area contributed by atoms with E-state index in [-0.39, 0.29) is 17.8 Å². The number of carbonyl (C=O) groups excluding carboxylic acids is 5. The second kappa shape index (κ2) is 17.9. The Morgan fingerprint density at radius 1 is 1.08 bits per heavy atom. The number of pyridine rings is 1. The molecule has 1 aromatic heterocycles. The molecule has 1 fully saturated rings. The summed E-state index contributed by atoms with van der Waals surface area (Å²) in [5.74, 6) is -1.88. The monoisotopic (exact) mass is 696 g/mol. The number of amides is 4. The second-order valence-corrected chi connectivity index (χ2v) is 14.4. The molecule has 0 spiro atoms. The van der Waals surface area contributed by atoms with Crippen LogP contribution >= 0.6 is 0 Å². The lowest BCUT2D eigenvalue weighted by molar-refractivity contribution is -0.148. The van der Waals surface area contributed by atoms with E-state index in [1.165, 1.54) is 17.7 Å². The summed E-state index contributed by atoms with van der Waals surface area (Å²) in [6, 6.07) is 6.01. The van der Waals surface area contributed by atoms with Gasteiger partial charge in [0.2, 0.25) is 11.8 Å². The molecule has 0 bridgehead atoms. The Bertz CT molecular complexity index is 1560. The number of primary amides is 1. The smallest absolute Gasteiger partial charge is 0.408 e.